The van der Waals surface area contributed by atoms with Crippen molar-refractivity contribution in [3.8, 4) is 17.2 Å². The second kappa shape index (κ2) is 10.6. The van der Waals surface area contributed by atoms with Crippen LogP contribution in [0.2, 0.25) is 0 Å². The van der Waals surface area contributed by atoms with Gasteiger partial charge in [0.1, 0.15) is 6.54 Å². The van der Waals surface area contributed by atoms with E-state index >= 15 is 0 Å². The van der Waals surface area contributed by atoms with E-state index in [4.69, 9.17) is 14.2 Å². The fourth-order valence-electron chi connectivity index (χ4n) is 2.82. The molecular weight excluding hydrogens is 412 g/mol. The van der Waals surface area contributed by atoms with Crippen molar-refractivity contribution in [2.24, 2.45) is 0 Å². The van der Waals surface area contributed by atoms with Gasteiger partial charge in [-0.05, 0) is 35.9 Å². The van der Waals surface area contributed by atoms with Crippen LogP contribution in [0.25, 0.3) is 6.08 Å². The zero-order valence-electron chi connectivity index (χ0n) is 17.5. The molecule has 0 spiro atoms. The largest absolute Gasteiger partial charge is 1.00 e. The summed E-state index contributed by atoms with van der Waals surface area (Å²) in [4.78, 5) is 23.1. The van der Waals surface area contributed by atoms with Crippen molar-refractivity contribution >= 4 is 17.7 Å². The lowest BCUT2D eigenvalue weighted by Gasteiger charge is -2.25. The van der Waals surface area contributed by atoms with Crippen LogP contribution in [-0.4, -0.2) is 50.7 Å². The van der Waals surface area contributed by atoms with Crippen molar-refractivity contribution in [2.75, 3.05) is 35.4 Å². The normalized spacial score (nSPS) is 11.0. The van der Waals surface area contributed by atoms with Crippen molar-refractivity contribution in [2.45, 2.75) is 6.54 Å². The molecule has 2 aromatic carbocycles. The lowest BCUT2D eigenvalue weighted by Crippen LogP contribution is -3.00. The number of carbonyl (C=O) groups excluding carboxylic acids is 1. The molecule has 0 aliphatic carbocycles. The maximum Gasteiger partial charge on any atom is 0.338 e. The second-order valence-electron chi connectivity index (χ2n) is 6.90. The number of nitro groups is 1. The fraction of sp³-hybridized carbons (Fsp3) is 0.286. The maximum atomic E-state index is 12.7. The number of ether oxygens (including phenoxy) is 3. The summed E-state index contributed by atoms with van der Waals surface area (Å²) in [7, 11) is 8.14. The molecule has 9 heteroatoms. The smallest absolute Gasteiger partial charge is 0.338 e. The van der Waals surface area contributed by atoms with Crippen LogP contribution >= 0.6 is 0 Å². The summed E-state index contributed by atoms with van der Waals surface area (Å²) < 4.78 is 16.0. The number of amides is 1. The molecule has 2 aromatic rings. The molecule has 0 aromatic heterocycles. The Morgan fingerprint density at radius 1 is 1.03 bits per heavy atom. The van der Waals surface area contributed by atoms with Gasteiger partial charge in [0.15, 0.2) is 11.5 Å². The van der Waals surface area contributed by atoms with E-state index in [1.165, 1.54) is 39.5 Å². The van der Waals surface area contributed by atoms with Crippen LogP contribution < -0.4 is 26.6 Å². The Balaban J connectivity index is 0.00000450. The van der Waals surface area contributed by atoms with Crippen molar-refractivity contribution in [1.29, 1.82) is 0 Å². The molecule has 0 saturated heterocycles. The van der Waals surface area contributed by atoms with E-state index in [0.29, 0.717) is 23.8 Å². The molecule has 0 bridgehead atoms. The van der Waals surface area contributed by atoms with Crippen LogP contribution in [0.4, 0.5) is 5.69 Å². The first-order valence-corrected chi connectivity index (χ1v) is 8.80. The molecular formula is C21H25ClN2O6. The molecule has 1 amide bonds. The predicted molar refractivity (Wildman–Crippen MR) is 109 cm³/mol. The van der Waals surface area contributed by atoms with Gasteiger partial charge in [-0.1, -0.05) is 0 Å². The number of nitro benzene ring substituents is 1. The number of nitrogens with zero attached hydrogens (tertiary/aromatic N) is 2. The standard InChI is InChI=1S/C21H25N2O6.ClH/c1-23(2,14-15-6-9-17(10-7-15)22(25)26)20(24)11-8-16-12-18(27-3)21(29-5)19(13-16)28-4;/h6-13H,14H2,1-5H3;1H/q+1;/p-1/b11-8+;. The number of hydrogen-bond acceptors (Lipinski definition) is 6. The third-order valence-corrected chi connectivity index (χ3v) is 4.43. The highest BCUT2D eigenvalue weighted by Crippen LogP contribution is 2.38. The first-order valence-electron chi connectivity index (χ1n) is 8.80. The molecule has 8 nitrogen and oxygen atoms in total. The van der Waals surface area contributed by atoms with Crippen LogP contribution in [0.1, 0.15) is 11.1 Å². The van der Waals surface area contributed by atoms with Gasteiger partial charge < -0.3 is 26.6 Å². The Kier molecular flexibility index (Phi) is 8.82. The first-order chi connectivity index (χ1) is 13.7. The van der Waals surface area contributed by atoms with Gasteiger partial charge >= 0.3 is 5.91 Å². The van der Waals surface area contributed by atoms with Crippen LogP contribution in [0.3, 0.4) is 0 Å². The zero-order valence-corrected chi connectivity index (χ0v) is 18.3. The van der Waals surface area contributed by atoms with Gasteiger partial charge in [-0.25, -0.2) is 4.79 Å². The molecule has 0 heterocycles. The summed E-state index contributed by atoms with van der Waals surface area (Å²) in [6.07, 6.45) is 3.18. The molecule has 0 aliphatic heterocycles. The molecule has 0 radical (unpaired) electrons. The van der Waals surface area contributed by atoms with E-state index in [2.05, 4.69) is 0 Å². The van der Waals surface area contributed by atoms with E-state index in [1.54, 1.807) is 44.4 Å². The monoisotopic (exact) mass is 436 g/mol. The molecule has 0 aliphatic rings. The molecule has 0 saturated carbocycles. The van der Waals surface area contributed by atoms with Crippen LogP contribution in [0.15, 0.2) is 42.5 Å². The number of rotatable bonds is 8. The Morgan fingerprint density at radius 3 is 2.00 bits per heavy atom. The van der Waals surface area contributed by atoms with E-state index in [1.807, 2.05) is 0 Å². The summed E-state index contributed by atoms with van der Waals surface area (Å²) >= 11 is 0. The summed E-state index contributed by atoms with van der Waals surface area (Å²) in [5.41, 5.74) is 1.58. The van der Waals surface area contributed by atoms with E-state index < -0.39 is 4.92 Å². The SMILES string of the molecule is COc1cc(/C=C/C(=O)[N+](C)(C)Cc2ccc([N+](=O)[O-])cc2)cc(OC)c1OC.[Cl-]. The first kappa shape index (κ1) is 24.9. The average molecular weight is 437 g/mol. The van der Waals surface area contributed by atoms with Crippen LogP contribution in [0, 0.1) is 10.1 Å². The van der Waals surface area contributed by atoms with Gasteiger partial charge in [-0.3, -0.25) is 14.6 Å². The molecule has 0 fully saturated rings. The van der Waals surface area contributed by atoms with Crippen LogP contribution in [-0.2, 0) is 11.3 Å². The van der Waals surface area contributed by atoms with Gasteiger partial charge in [0.2, 0.25) is 5.75 Å². The number of halogens is 1. The number of likely N-dealkylation sites (N-methyl/N-ethyl adjacent to an activating group) is 1. The number of quaternary nitrogens is 1. The molecule has 0 unspecified atom stereocenters. The Morgan fingerprint density at radius 2 is 1.57 bits per heavy atom. The molecule has 0 atom stereocenters. The summed E-state index contributed by atoms with van der Waals surface area (Å²) in [6, 6.07) is 9.70. The average Bonchev–Trinajstić information content (AvgIpc) is 2.70. The third-order valence-electron chi connectivity index (χ3n) is 4.43. The van der Waals surface area contributed by atoms with Gasteiger partial charge in [0.05, 0.1) is 40.3 Å². The number of carbonyl (C=O) groups is 1. The van der Waals surface area contributed by atoms with Crippen molar-refractivity contribution in [1.82, 2.24) is 0 Å². The second-order valence-corrected chi connectivity index (χ2v) is 6.90. The van der Waals surface area contributed by atoms with Gasteiger partial charge in [-0.2, -0.15) is 0 Å². The minimum absolute atomic E-state index is 0. The van der Waals surface area contributed by atoms with Crippen molar-refractivity contribution < 1.29 is 40.8 Å². The lowest BCUT2D eigenvalue weighted by molar-refractivity contribution is -0.825. The molecule has 0 N–H and O–H groups in total. The summed E-state index contributed by atoms with van der Waals surface area (Å²) in [5.74, 6) is 1.35. The lowest BCUT2D eigenvalue weighted by atomic mass is 10.1. The highest BCUT2D eigenvalue weighted by molar-refractivity contribution is 5.86. The Labute approximate surface area is 181 Å². The van der Waals surface area contributed by atoms with E-state index in [-0.39, 0.29) is 28.5 Å². The van der Waals surface area contributed by atoms with E-state index in [9.17, 15) is 14.9 Å². The number of hydrogen-bond donors (Lipinski definition) is 0. The fourth-order valence-corrected chi connectivity index (χ4v) is 2.82. The third kappa shape index (κ3) is 5.95. The number of methoxy groups -OCH3 is 3. The predicted octanol–water partition coefficient (Wildman–Crippen LogP) is 0.441. The Bertz CT molecular complexity index is 901. The summed E-state index contributed by atoms with van der Waals surface area (Å²) in [6.45, 7) is 0.399. The van der Waals surface area contributed by atoms with Crippen LogP contribution in [0.5, 0.6) is 17.2 Å². The quantitative estimate of drug-likeness (QED) is 0.258. The molecule has 30 heavy (non-hydrogen) atoms. The highest BCUT2D eigenvalue weighted by atomic mass is 35.5. The molecule has 2 rings (SSSR count). The van der Waals surface area contributed by atoms with Gasteiger partial charge in [0.25, 0.3) is 5.69 Å². The maximum absolute atomic E-state index is 12.7. The zero-order chi connectivity index (χ0) is 21.6. The molecule has 162 valence electrons. The minimum Gasteiger partial charge on any atom is -1.00 e. The van der Waals surface area contributed by atoms with E-state index in [0.717, 1.165) is 11.1 Å². The Hall–Kier alpha value is -3.10. The van der Waals surface area contributed by atoms with Crippen molar-refractivity contribution in [3.63, 3.8) is 0 Å². The van der Waals surface area contributed by atoms with Gasteiger partial charge in [-0.15, -0.1) is 0 Å². The number of benzene rings is 2. The minimum atomic E-state index is -0.449. The van der Waals surface area contributed by atoms with Crippen molar-refractivity contribution in [3.05, 3.63) is 63.7 Å². The van der Waals surface area contributed by atoms with Gasteiger partial charge in [0, 0.05) is 23.8 Å². The summed E-state index contributed by atoms with van der Waals surface area (Å²) in [5, 5.41) is 10.8. The number of non-ortho nitro benzene ring substituents is 1. The highest BCUT2D eigenvalue weighted by Gasteiger charge is 2.24. The topological polar surface area (TPSA) is 87.9 Å².